The van der Waals surface area contributed by atoms with Crippen LogP contribution in [0, 0.1) is 6.92 Å². The van der Waals surface area contributed by atoms with Gasteiger partial charge in [-0.1, -0.05) is 13.0 Å². The lowest BCUT2D eigenvalue weighted by Gasteiger charge is -2.30. The standard InChI is InChI=1S/C29H36N8O3/c1-5-29(3,4)34-28(39)33-22-7-6-8-24(20(22)2)37-18-23(26-30-11-12-36(26)19-37)32-25-10-9-21(17-31-25)27(38)35-13-15-40-16-14-35/h6-12,17-18H,5,13-16,19H2,1-4H3,(H,31,32)(H2,33,34,39). The molecule has 0 saturated carbocycles. The summed E-state index contributed by atoms with van der Waals surface area (Å²) in [5.74, 6) is 1.33. The second kappa shape index (κ2) is 11.4. The number of carbonyl (C=O) groups excluding carboxylic acids is 2. The number of hydrogen-bond donors (Lipinski definition) is 3. The largest absolute Gasteiger partial charge is 0.378 e. The van der Waals surface area contributed by atoms with Crippen LogP contribution in [0.4, 0.5) is 22.0 Å². The van der Waals surface area contributed by atoms with Crippen molar-refractivity contribution in [1.82, 2.24) is 24.8 Å². The van der Waals surface area contributed by atoms with Gasteiger partial charge in [-0.3, -0.25) is 4.79 Å². The van der Waals surface area contributed by atoms with Crippen molar-refractivity contribution in [3.63, 3.8) is 0 Å². The minimum Gasteiger partial charge on any atom is -0.378 e. The first-order chi connectivity index (χ1) is 19.2. The van der Waals surface area contributed by atoms with Gasteiger partial charge in [-0.25, -0.2) is 14.8 Å². The summed E-state index contributed by atoms with van der Waals surface area (Å²) in [6.07, 6.45) is 8.09. The fourth-order valence-electron chi connectivity index (χ4n) is 4.62. The summed E-state index contributed by atoms with van der Waals surface area (Å²) in [5.41, 5.74) is 3.63. The molecule has 0 unspecified atom stereocenters. The van der Waals surface area contributed by atoms with Crippen molar-refractivity contribution in [2.24, 2.45) is 0 Å². The lowest BCUT2D eigenvalue weighted by atomic mass is 10.0. The molecule has 2 aromatic heterocycles. The molecule has 1 aromatic carbocycles. The minimum absolute atomic E-state index is 0.0446. The molecule has 2 aliphatic rings. The molecular formula is C29H36N8O3. The normalized spacial score (nSPS) is 15.2. The van der Waals surface area contributed by atoms with Gasteiger partial charge >= 0.3 is 6.03 Å². The number of urea groups is 1. The van der Waals surface area contributed by atoms with Crippen molar-refractivity contribution in [3.8, 4) is 0 Å². The smallest absolute Gasteiger partial charge is 0.319 e. The van der Waals surface area contributed by atoms with Crippen LogP contribution in [0.15, 0.2) is 55.1 Å². The fraction of sp³-hybridized carbons (Fsp3) is 0.379. The predicted molar refractivity (Wildman–Crippen MR) is 155 cm³/mol. The number of pyridine rings is 1. The van der Waals surface area contributed by atoms with Crippen molar-refractivity contribution >= 4 is 34.8 Å². The highest BCUT2D eigenvalue weighted by atomic mass is 16.5. The Labute approximate surface area is 234 Å². The van der Waals surface area contributed by atoms with Gasteiger partial charge in [0.2, 0.25) is 0 Å². The third-order valence-corrected chi connectivity index (χ3v) is 7.32. The molecule has 1 saturated heterocycles. The van der Waals surface area contributed by atoms with Crippen LogP contribution in [-0.2, 0) is 11.4 Å². The first-order valence-electron chi connectivity index (χ1n) is 13.5. The van der Waals surface area contributed by atoms with E-state index in [4.69, 9.17) is 4.74 Å². The van der Waals surface area contributed by atoms with E-state index in [0.717, 1.165) is 34.9 Å². The van der Waals surface area contributed by atoms with Crippen LogP contribution in [0.5, 0.6) is 0 Å². The first kappa shape index (κ1) is 27.2. The van der Waals surface area contributed by atoms with E-state index in [9.17, 15) is 9.59 Å². The Bertz CT molecular complexity index is 1410. The molecule has 0 radical (unpaired) electrons. The van der Waals surface area contributed by atoms with Crippen LogP contribution in [-0.4, -0.2) is 63.2 Å². The highest BCUT2D eigenvalue weighted by molar-refractivity contribution is 5.94. The number of rotatable bonds is 7. The molecule has 11 heteroatoms. The Kier molecular flexibility index (Phi) is 7.74. The average molecular weight is 545 g/mol. The van der Waals surface area contributed by atoms with Crippen LogP contribution in [0.3, 0.4) is 0 Å². The highest BCUT2D eigenvalue weighted by Gasteiger charge is 2.23. The van der Waals surface area contributed by atoms with Crippen molar-refractivity contribution in [2.75, 3.05) is 41.8 Å². The Morgan fingerprint density at radius 2 is 1.90 bits per heavy atom. The van der Waals surface area contributed by atoms with Gasteiger partial charge < -0.3 is 35.1 Å². The summed E-state index contributed by atoms with van der Waals surface area (Å²) < 4.78 is 7.38. The minimum atomic E-state index is -0.300. The van der Waals surface area contributed by atoms with Gasteiger partial charge in [0.25, 0.3) is 5.91 Å². The van der Waals surface area contributed by atoms with Gasteiger partial charge in [-0.15, -0.1) is 0 Å². The second-order valence-electron chi connectivity index (χ2n) is 10.6. The topological polar surface area (TPSA) is 117 Å². The van der Waals surface area contributed by atoms with Crippen molar-refractivity contribution < 1.29 is 14.3 Å². The zero-order valence-corrected chi connectivity index (χ0v) is 23.4. The summed E-state index contributed by atoms with van der Waals surface area (Å²) in [6.45, 7) is 10.9. The lowest BCUT2D eigenvalue weighted by Crippen LogP contribution is -2.45. The zero-order valence-electron chi connectivity index (χ0n) is 23.4. The van der Waals surface area contributed by atoms with Crippen LogP contribution in [0.2, 0.25) is 0 Å². The number of amides is 3. The van der Waals surface area contributed by atoms with Crippen LogP contribution < -0.4 is 20.9 Å². The van der Waals surface area contributed by atoms with Crippen LogP contribution in [0.25, 0.3) is 5.70 Å². The summed E-state index contributed by atoms with van der Waals surface area (Å²) >= 11 is 0. The van der Waals surface area contributed by atoms with Gasteiger partial charge in [0.15, 0.2) is 5.82 Å². The van der Waals surface area contributed by atoms with Crippen molar-refractivity contribution in [2.45, 2.75) is 46.3 Å². The molecule has 0 aliphatic carbocycles. The van der Waals surface area contributed by atoms with Gasteiger partial charge in [-0.05, 0) is 57.0 Å². The molecule has 0 atom stereocenters. The van der Waals surface area contributed by atoms with Crippen molar-refractivity contribution in [1.29, 1.82) is 0 Å². The fourth-order valence-corrected chi connectivity index (χ4v) is 4.62. The molecule has 3 amide bonds. The number of benzene rings is 1. The van der Waals surface area contributed by atoms with E-state index in [0.29, 0.717) is 44.4 Å². The Balaban J connectivity index is 1.35. The molecule has 0 spiro atoms. The Morgan fingerprint density at radius 1 is 1.10 bits per heavy atom. The first-order valence-corrected chi connectivity index (χ1v) is 13.5. The maximum atomic E-state index is 12.8. The number of hydrogen-bond acceptors (Lipinski definition) is 7. The summed E-state index contributed by atoms with van der Waals surface area (Å²) in [4.78, 5) is 38.4. The molecule has 1 fully saturated rings. The van der Waals surface area contributed by atoms with Gasteiger partial charge in [0.05, 0.1) is 24.5 Å². The second-order valence-corrected chi connectivity index (χ2v) is 10.6. The van der Waals surface area contributed by atoms with E-state index < -0.39 is 0 Å². The molecule has 5 rings (SSSR count). The van der Waals surface area contributed by atoms with E-state index >= 15 is 0 Å². The number of carbonyl (C=O) groups is 2. The summed E-state index contributed by atoms with van der Waals surface area (Å²) in [5, 5.41) is 9.39. The molecular weight excluding hydrogens is 508 g/mol. The Morgan fingerprint density at radius 3 is 2.62 bits per heavy atom. The number of morpholine rings is 1. The van der Waals surface area contributed by atoms with Crippen LogP contribution >= 0.6 is 0 Å². The molecule has 3 N–H and O–H groups in total. The quantitative estimate of drug-likeness (QED) is 0.407. The predicted octanol–water partition coefficient (Wildman–Crippen LogP) is 4.26. The number of ether oxygens (including phenoxy) is 1. The van der Waals surface area contributed by atoms with Gasteiger partial charge in [0.1, 0.15) is 12.5 Å². The number of fused-ring (bicyclic) bond motifs is 1. The molecule has 4 heterocycles. The number of aromatic nitrogens is 3. The van der Waals surface area contributed by atoms with Crippen molar-refractivity contribution in [3.05, 3.63) is 72.1 Å². The molecule has 3 aromatic rings. The average Bonchev–Trinajstić information content (AvgIpc) is 3.44. The maximum absolute atomic E-state index is 12.8. The SMILES string of the molecule is CCC(C)(C)NC(=O)Nc1cccc(N2C=C(Nc3ccc(C(=O)N4CCOCC4)cn3)c3nccn3C2)c1C. The van der Waals surface area contributed by atoms with E-state index in [-0.39, 0.29) is 17.5 Å². The molecule has 210 valence electrons. The Hall–Kier alpha value is -4.38. The summed E-state index contributed by atoms with van der Waals surface area (Å²) in [6, 6.07) is 9.20. The molecule has 2 aliphatic heterocycles. The third kappa shape index (κ3) is 5.94. The monoisotopic (exact) mass is 544 g/mol. The maximum Gasteiger partial charge on any atom is 0.319 e. The molecule has 11 nitrogen and oxygen atoms in total. The number of nitrogens with zero attached hydrogens (tertiary/aromatic N) is 5. The van der Waals surface area contributed by atoms with Crippen LogP contribution in [0.1, 0.15) is 48.9 Å². The summed E-state index contributed by atoms with van der Waals surface area (Å²) in [7, 11) is 0. The number of anilines is 3. The van der Waals surface area contributed by atoms with E-state index in [1.54, 1.807) is 29.4 Å². The van der Waals surface area contributed by atoms with E-state index in [2.05, 4.69) is 30.8 Å². The van der Waals surface area contributed by atoms with E-state index in [1.807, 2.05) is 62.9 Å². The highest BCUT2D eigenvalue weighted by Crippen LogP contribution is 2.32. The number of nitrogens with one attached hydrogen (secondary N) is 3. The molecule has 0 bridgehead atoms. The number of imidazole rings is 1. The third-order valence-electron chi connectivity index (χ3n) is 7.32. The van der Waals surface area contributed by atoms with Gasteiger partial charge in [-0.2, -0.15) is 0 Å². The lowest BCUT2D eigenvalue weighted by molar-refractivity contribution is 0.0302. The molecule has 40 heavy (non-hydrogen) atoms. The zero-order chi connectivity index (χ0) is 28.3. The van der Waals surface area contributed by atoms with E-state index in [1.165, 1.54) is 0 Å². The van der Waals surface area contributed by atoms with Gasteiger partial charge in [0, 0.05) is 54.8 Å².